The molecule has 0 heterocycles. The third kappa shape index (κ3) is 2.01. The minimum absolute atomic E-state index is 0.230. The van der Waals surface area contributed by atoms with Gasteiger partial charge in [0.05, 0.1) is 6.54 Å². The zero-order valence-corrected chi connectivity index (χ0v) is 8.14. The number of nitrogens with zero attached hydrogens (tertiary/aromatic N) is 3. The number of hydrogen-bond acceptors (Lipinski definition) is 1. The molecule has 1 aliphatic carbocycles. The smallest absolute Gasteiger partial charge is 0.0880 e. The van der Waals surface area contributed by atoms with Gasteiger partial charge in [-0.25, -0.2) is 0 Å². The van der Waals surface area contributed by atoms with E-state index in [4.69, 9.17) is 5.53 Å². The lowest BCUT2D eigenvalue weighted by Crippen LogP contribution is -1.87. The van der Waals surface area contributed by atoms with E-state index >= 15 is 0 Å². The molecule has 2 rings (SSSR count). The highest BCUT2D eigenvalue weighted by molar-refractivity contribution is 5.64. The number of hydrogen-bond donors (Lipinski definition) is 0. The van der Waals surface area contributed by atoms with Crippen LogP contribution in [0.5, 0.6) is 0 Å². The normalized spacial score (nSPS) is 11.2. The van der Waals surface area contributed by atoms with Gasteiger partial charge in [0, 0.05) is 10.5 Å². The van der Waals surface area contributed by atoms with E-state index in [-0.39, 0.29) is 6.54 Å². The fourth-order valence-corrected chi connectivity index (χ4v) is 1.61. The molecule has 3 heteroatoms. The van der Waals surface area contributed by atoms with Gasteiger partial charge in [-0.15, -0.1) is 0 Å². The molecule has 0 aliphatic heterocycles. The molecule has 0 spiro atoms. The van der Waals surface area contributed by atoms with Crippen LogP contribution in [0.2, 0.25) is 0 Å². The third-order valence-electron chi connectivity index (χ3n) is 2.27. The lowest BCUT2D eigenvalue weighted by Gasteiger charge is -2.00. The van der Waals surface area contributed by atoms with Gasteiger partial charge in [-0.1, -0.05) is 41.2 Å². The number of benzene rings is 1. The summed E-state index contributed by atoms with van der Waals surface area (Å²) >= 11 is 0. The van der Waals surface area contributed by atoms with Gasteiger partial charge in [-0.2, -0.15) is 0 Å². The van der Waals surface area contributed by atoms with Gasteiger partial charge < -0.3 is 0 Å². The first-order valence-electron chi connectivity index (χ1n) is 4.70. The molecule has 1 aromatic rings. The Hall–Kier alpha value is -2.17. The maximum atomic E-state index is 8.10. The Balaban J connectivity index is 2.26. The summed E-state index contributed by atoms with van der Waals surface area (Å²) in [5, 5.41) is 3.37. The van der Waals surface area contributed by atoms with Crippen molar-refractivity contribution in [2.75, 3.05) is 6.54 Å². The van der Waals surface area contributed by atoms with Crippen molar-refractivity contribution in [3.63, 3.8) is 0 Å². The lowest BCUT2D eigenvalue weighted by molar-refractivity contribution is 1.25. The topological polar surface area (TPSA) is 48.8 Å². The number of allylic oxidation sites excluding steroid dienone is 1. The first kappa shape index (κ1) is 9.39. The minimum atomic E-state index is 0.230. The first-order chi connectivity index (χ1) is 7.42. The Morgan fingerprint density at radius 2 is 2.40 bits per heavy atom. The minimum Gasteiger partial charge on any atom is -0.0919 e. The molecule has 0 saturated carbocycles. The molecular weight excluding hydrogens is 186 g/mol. The van der Waals surface area contributed by atoms with Crippen LogP contribution >= 0.6 is 0 Å². The third-order valence-corrected chi connectivity index (χ3v) is 2.27. The van der Waals surface area contributed by atoms with E-state index in [2.05, 4.69) is 40.1 Å². The summed E-state index contributed by atoms with van der Waals surface area (Å²) < 4.78 is 0. The number of rotatable bonds is 1. The average Bonchev–Trinajstić information content (AvgIpc) is 2.73. The molecule has 0 atom stereocenters. The zero-order valence-electron chi connectivity index (χ0n) is 8.14. The second-order valence-electron chi connectivity index (χ2n) is 3.17. The predicted molar refractivity (Wildman–Crippen MR) is 60.1 cm³/mol. The molecule has 0 fully saturated rings. The molecule has 0 amide bonds. The van der Waals surface area contributed by atoms with Gasteiger partial charge in [0.1, 0.15) is 0 Å². The number of azide groups is 1. The van der Waals surface area contributed by atoms with Crippen LogP contribution in [0.15, 0.2) is 29.4 Å². The van der Waals surface area contributed by atoms with E-state index in [9.17, 15) is 0 Å². The van der Waals surface area contributed by atoms with Gasteiger partial charge >= 0.3 is 0 Å². The van der Waals surface area contributed by atoms with Crippen LogP contribution in [-0.4, -0.2) is 6.54 Å². The average molecular weight is 195 g/mol. The van der Waals surface area contributed by atoms with Crippen LogP contribution in [0.1, 0.15) is 16.7 Å². The van der Waals surface area contributed by atoms with Crippen molar-refractivity contribution in [1.82, 2.24) is 0 Å². The van der Waals surface area contributed by atoms with Crippen LogP contribution in [-0.2, 0) is 6.42 Å². The van der Waals surface area contributed by atoms with Gasteiger partial charge in [-0.3, -0.25) is 0 Å². The summed E-state index contributed by atoms with van der Waals surface area (Å²) in [5.74, 6) is 5.86. The molecule has 1 aliphatic rings. The molecule has 0 N–H and O–H groups in total. The van der Waals surface area contributed by atoms with Crippen LogP contribution in [0.25, 0.3) is 16.5 Å². The van der Waals surface area contributed by atoms with Gasteiger partial charge in [-0.05, 0) is 29.1 Å². The molecule has 0 unspecified atom stereocenters. The quantitative estimate of drug-likeness (QED) is 0.286. The van der Waals surface area contributed by atoms with Crippen LogP contribution in [0, 0.1) is 11.8 Å². The maximum Gasteiger partial charge on any atom is 0.0880 e. The Morgan fingerprint density at radius 1 is 1.47 bits per heavy atom. The van der Waals surface area contributed by atoms with Crippen molar-refractivity contribution < 1.29 is 0 Å². The van der Waals surface area contributed by atoms with Crippen LogP contribution in [0.3, 0.4) is 0 Å². The van der Waals surface area contributed by atoms with Gasteiger partial charge in [0.25, 0.3) is 0 Å². The second-order valence-corrected chi connectivity index (χ2v) is 3.17. The maximum absolute atomic E-state index is 8.10. The summed E-state index contributed by atoms with van der Waals surface area (Å²) in [7, 11) is 0. The van der Waals surface area contributed by atoms with Crippen LogP contribution in [0.4, 0.5) is 0 Å². The van der Waals surface area contributed by atoms with E-state index < -0.39 is 0 Å². The molecular formula is C12H9N3. The molecule has 0 aromatic heterocycles. The Kier molecular flexibility index (Phi) is 2.73. The van der Waals surface area contributed by atoms with E-state index in [0.29, 0.717) is 0 Å². The van der Waals surface area contributed by atoms with E-state index in [0.717, 1.165) is 12.0 Å². The van der Waals surface area contributed by atoms with Crippen molar-refractivity contribution in [3.05, 3.63) is 51.4 Å². The Labute approximate surface area is 88.1 Å². The van der Waals surface area contributed by atoms with Gasteiger partial charge in [0.2, 0.25) is 0 Å². The lowest BCUT2D eigenvalue weighted by atomic mass is 10.0. The highest BCUT2D eigenvalue weighted by atomic mass is 15.1. The van der Waals surface area contributed by atoms with Gasteiger partial charge in [0.15, 0.2) is 0 Å². The van der Waals surface area contributed by atoms with E-state index in [1.165, 1.54) is 11.1 Å². The van der Waals surface area contributed by atoms with Crippen molar-refractivity contribution in [3.8, 4) is 11.8 Å². The molecule has 1 aromatic carbocycles. The Bertz CT molecular complexity index is 511. The van der Waals surface area contributed by atoms with Crippen molar-refractivity contribution >= 4 is 6.08 Å². The highest BCUT2D eigenvalue weighted by Crippen LogP contribution is 2.22. The Morgan fingerprint density at radius 3 is 3.27 bits per heavy atom. The predicted octanol–water partition coefficient (Wildman–Crippen LogP) is 2.92. The summed E-state index contributed by atoms with van der Waals surface area (Å²) in [4.78, 5) is 2.65. The molecule has 0 radical (unpaired) electrons. The summed E-state index contributed by atoms with van der Waals surface area (Å²) in [5.41, 5.74) is 11.6. The first-order valence-corrected chi connectivity index (χ1v) is 4.70. The monoisotopic (exact) mass is 195 g/mol. The molecule has 3 nitrogen and oxygen atoms in total. The largest absolute Gasteiger partial charge is 0.0919 e. The zero-order chi connectivity index (χ0) is 10.5. The summed E-state index contributed by atoms with van der Waals surface area (Å²) in [6.07, 6.45) is 5.18. The number of fused-ring (bicyclic) bond motifs is 1. The molecule has 15 heavy (non-hydrogen) atoms. The van der Waals surface area contributed by atoms with E-state index in [1.807, 2.05) is 12.1 Å². The molecule has 0 saturated heterocycles. The fourth-order valence-electron chi connectivity index (χ4n) is 1.61. The SMILES string of the molecule is [N-]=[N+]=NCC#Cc1cccc2c1CC=C2. The van der Waals surface area contributed by atoms with Crippen LogP contribution < -0.4 is 0 Å². The van der Waals surface area contributed by atoms with Crippen molar-refractivity contribution in [2.45, 2.75) is 6.42 Å². The highest BCUT2D eigenvalue weighted by Gasteiger charge is 2.07. The van der Waals surface area contributed by atoms with Crippen molar-refractivity contribution in [1.29, 1.82) is 0 Å². The second kappa shape index (κ2) is 4.36. The molecule has 72 valence electrons. The summed E-state index contributed by atoms with van der Waals surface area (Å²) in [6, 6.07) is 6.07. The standard InChI is InChI=1S/C12H9N3/c13-15-14-9-3-7-11-5-1-4-10-6-2-8-12(10)11/h1-2,4-6H,8-9H2. The van der Waals surface area contributed by atoms with E-state index in [1.54, 1.807) is 0 Å². The summed E-state index contributed by atoms with van der Waals surface area (Å²) in [6.45, 7) is 0.230. The fraction of sp³-hybridized carbons (Fsp3) is 0.167. The molecule has 0 bridgehead atoms. The van der Waals surface area contributed by atoms with Crippen molar-refractivity contribution in [2.24, 2.45) is 5.11 Å².